The molecule has 0 amide bonds. The zero-order valence-electron chi connectivity index (χ0n) is 25.1. The van der Waals surface area contributed by atoms with Crippen LogP contribution in [0.2, 0.25) is 0 Å². The van der Waals surface area contributed by atoms with Crippen molar-refractivity contribution in [3.8, 4) is 0 Å². The summed E-state index contributed by atoms with van der Waals surface area (Å²) < 4.78 is 0. The Labute approximate surface area is 226 Å². The molecule has 0 aliphatic heterocycles. The van der Waals surface area contributed by atoms with Crippen LogP contribution in [0.15, 0.2) is 95.7 Å². The van der Waals surface area contributed by atoms with Gasteiger partial charge in [-0.05, 0) is 117 Å². The average Bonchev–Trinajstić information content (AvgIpc) is 2.82. The van der Waals surface area contributed by atoms with E-state index >= 15 is 0 Å². The first-order valence-corrected chi connectivity index (χ1v) is 14.3. The Hall–Kier alpha value is -2.08. The molecule has 202 valence electrons. The Morgan fingerprint density at radius 2 is 1.17 bits per heavy atom. The molecule has 0 heterocycles. The summed E-state index contributed by atoms with van der Waals surface area (Å²) >= 11 is 0. The van der Waals surface area contributed by atoms with E-state index in [4.69, 9.17) is 0 Å². The van der Waals surface area contributed by atoms with Gasteiger partial charge in [-0.3, -0.25) is 0 Å². The molecule has 2 atom stereocenters. The lowest BCUT2D eigenvalue weighted by atomic mass is 9.88. The van der Waals surface area contributed by atoms with Crippen LogP contribution in [0.4, 0.5) is 0 Å². The van der Waals surface area contributed by atoms with Crippen LogP contribution in [-0.2, 0) is 0 Å². The van der Waals surface area contributed by atoms with Crippen LogP contribution in [0.1, 0.15) is 119 Å². The monoisotopic (exact) mass is 490 g/mol. The molecule has 0 aromatic heterocycles. The van der Waals surface area contributed by atoms with Crippen molar-refractivity contribution in [3.05, 3.63) is 95.7 Å². The number of unbranched alkanes of at least 4 members (excludes halogenated alkanes) is 2. The minimum absolute atomic E-state index is 0.579. The molecule has 0 bridgehead atoms. The Balaban J connectivity index is 6.07. The summed E-state index contributed by atoms with van der Waals surface area (Å²) in [6.45, 7) is 27.7. The second-order valence-corrected chi connectivity index (χ2v) is 11.2. The summed E-state index contributed by atoms with van der Waals surface area (Å²) in [7, 11) is 0. The lowest BCUT2D eigenvalue weighted by Crippen LogP contribution is -1.99. The molecular weight excluding hydrogens is 432 g/mol. The predicted octanol–water partition coefficient (Wildman–Crippen LogP) is 12.2. The maximum atomic E-state index is 3.94. The van der Waals surface area contributed by atoms with Gasteiger partial charge in [-0.2, -0.15) is 0 Å². The fourth-order valence-corrected chi connectivity index (χ4v) is 4.47. The number of hydrogen-bond acceptors (Lipinski definition) is 0. The highest BCUT2D eigenvalue weighted by Gasteiger charge is 2.11. The van der Waals surface area contributed by atoms with Crippen molar-refractivity contribution < 1.29 is 0 Å². The van der Waals surface area contributed by atoms with Gasteiger partial charge in [0.1, 0.15) is 0 Å². The average molecular weight is 491 g/mol. The molecule has 0 aliphatic carbocycles. The van der Waals surface area contributed by atoms with Gasteiger partial charge in [0.05, 0.1) is 0 Å². The SMILES string of the molecule is C=CCCCC=C(C)CC(CC(C)=CC(C)CCC=C)=C(CC=C(C)C)CC(C)=CCCC(C)C=C. The van der Waals surface area contributed by atoms with Crippen molar-refractivity contribution in [2.75, 3.05) is 0 Å². The summed E-state index contributed by atoms with van der Waals surface area (Å²) in [4.78, 5) is 0. The third kappa shape index (κ3) is 18.2. The molecule has 0 rings (SSSR count). The van der Waals surface area contributed by atoms with E-state index in [1.165, 1.54) is 41.6 Å². The minimum atomic E-state index is 0.579. The van der Waals surface area contributed by atoms with Crippen molar-refractivity contribution in [2.45, 2.75) is 119 Å². The van der Waals surface area contributed by atoms with Crippen LogP contribution in [0.5, 0.6) is 0 Å². The Kier molecular flexibility index (Phi) is 19.8. The molecule has 0 aromatic carbocycles. The normalized spacial score (nSPS) is 15.1. The maximum absolute atomic E-state index is 3.94. The van der Waals surface area contributed by atoms with Gasteiger partial charge in [-0.1, -0.05) is 89.8 Å². The highest BCUT2D eigenvalue weighted by Crippen LogP contribution is 2.30. The molecule has 0 saturated carbocycles. The fraction of sp³-hybridized carbons (Fsp3) is 0.556. The zero-order chi connectivity index (χ0) is 27.3. The van der Waals surface area contributed by atoms with Gasteiger partial charge in [0, 0.05) is 0 Å². The summed E-state index contributed by atoms with van der Waals surface area (Å²) in [5, 5.41) is 0. The molecule has 0 aromatic rings. The lowest BCUT2D eigenvalue weighted by molar-refractivity contribution is 0.651. The summed E-state index contributed by atoms with van der Waals surface area (Å²) in [5.41, 5.74) is 9.11. The van der Waals surface area contributed by atoms with E-state index in [1.54, 1.807) is 11.1 Å². The first kappa shape index (κ1) is 33.9. The summed E-state index contributed by atoms with van der Waals surface area (Å²) in [6.07, 6.45) is 28.2. The Morgan fingerprint density at radius 1 is 0.611 bits per heavy atom. The molecule has 0 fully saturated rings. The van der Waals surface area contributed by atoms with Crippen LogP contribution in [0.3, 0.4) is 0 Å². The number of rotatable bonds is 20. The molecule has 2 unspecified atom stereocenters. The predicted molar refractivity (Wildman–Crippen MR) is 167 cm³/mol. The largest absolute Gasteiger partial charge is 0.103 e. The minimum Gasteiger partial charge on any atom is -0.103 e. The van der Waals surface area contributed by atoms with Crippen molar-refractivity contribution >= 4 is 0 Å². The first-order chi connectivity index (χ1) is 17.1. The number of hydrogen-bond donors (Lipinski definition) is 0. The highest BCUT2D eigenvalue weighted by molar-refractivity contribution is 5.30. The van der Waals surface area contributed by atoms with E-state index < -0.39 is 0 Å². The highest BCUT2D eigenvalue weighted by atomic mass is 14.2. The molecular formula is C36H58. The fourth-order valence-electron chi connectivity index (χ4n) is 4.47. The van der Waals surface area contributed by atoms with Crippen LogP contribution >= 0.6 is 0 Å². The molecule has 36 heavy (non-hydrogen) atoms. The van der Waals surface area contributed by atoms with Gasteiger partial charge in [-0.15, -0.1) is 19.7 Å². The Morgan fingerprint density at radius 3 is 1.75 bits per heavy atom. The van der Waals surface area contributed by atoms with Gasteiger partial charge < -0.3 is 0 Å². The van der Waals surface area contributed by atoms with E-state index in [0.717, 1.165) is 51.4 Å². The first-order valence-electron chi connectivity index (χ1n) is 14.3. The van der Waals surface area contributed by atoms with E-state index in [2.05, 4.69) is 98.6 Å². The van der Waals surface area contributed by atoms with Crippen molar-refractivity contribution in [2.24, 2.45) is 11.8 Å². The third-order valence-corrected chi connectivity index (χ3v) is 6.75. The van der Waals surface area contributed by atoms with Crippen molar-refractivity contribution in [1.82, 2.24) is 0 Å². The topological polar surface area (TPSA) is 0 Å². The van der Waals surface area contributed by atoms with E-state index in [0.29, 0.717) is 11.8 Å². The number of allylic oxidation sites excluding steroid dienone is 13. The van der Waals surface area contributed by atoms with Crippen LogP contribution in [0.25, 0.3) is 0 Å². The van der Waals surface area contributed by atoms with Crippen molar-refractivity contribution in [1.29, 1.82) is 0 Å². The van der Waals surface area contributed by atoms with Gasteiger partial charge in [0.15, 0.2) is 0 Å². The standard InChI is InChI=1S/C36H58/c1-11-14-16-17-20-32(8)27-36(28-34(10)25-31(7)19-15-12-2)35(24-23-29(4)5)26-33(9)22-18-21-30(6)13-3/h11-13,20,22-23,25,30-31H,1-3,14-19,21,24,26-28H2,4-10H3. The van der Waals surface area contributed by atoms with Gasteiger partial charge in [0.25, 0.3) is 0 Å². The Bertz CT molecular complexity index is 801. The summed E-state index contributed by atoms with van der Waals surface area (Å²) in [5.74, 6) is 1.17. The summed E-state index contributed by atoms with van der Waals surface area (Å²) in [6, 6.07) is 0. The smallest absolute Gasteiger partial charge is 0.0105 e. The van der Waals surface area contributed by atoms with E-state index in [-0.39, 0.29) is 0 Å². The molecule has 0 N–H and O–H groups in total. The molecule has 0 nitrogen and oxygen atoms in total. The quantitative estimate of drug-likeness (QED) is 0.117. The molecule has 0 radical (unpaired) electrons. The van der Waals surface area contributed by atoms with E-state index in [9.17, 15) is 0 Å². The van der Waals surface area contributed by atoms with Gasteiger partial charge >= 0.3 is 0 Å². The third-order valence-electron chi connectivity index (χ3n) is 6.75. The maximum Gasteiger partial charge on any atom is -0.0105 e. The molecule has 0 spiro atoms. The second-order valence-electron chi connectivity index (χ2n) is 11.2. The van der Waals surface area contributed by atoms with Gasteiger partial charge in [0.2, 0.25) is 0 Å². The van der Waals surface area contributed by atoms with Crippen LogP contribution in [-0.4, -0.2) is 0 Å². The zero-order valence-corrected chi connectivity index (χ0v) is 25.1. The van der Waals surface area contributed by atoms with Crippen molar-refractivity contribution in [3.63, 3.8) is 0 Å². The lowest BCUT2D eigenvalue weighted by Gasteiger charge is -2.18. The second kappa shape index (κ2) is 21.0. The van der Waals surface area contributed by atoms with Crippen LogP contribution in [0, 0.1) is 11.8 Å². The van der Waals surface area contributed by atoms with E-state index in [1.807, 2.05) is 12.2 Å². The van der Waals surface area contributed by atoms with Gasteiger partial charge in [-0.25, -0.2) is 0 Å². The molecule has 0 saturated heterocycles. The molecule has 0 heteroatoms. The molecule has 0 aliphatic rings. The van der Waals surface area contributed by atoms with Crippen LogP contribution < -0.4 is 0 Å².